The zero-order valence-corrected chi connectivity index (χ0v) is 19.8. The van der Waals surface area contributed by atoms with Gasteiger partial charge in [-0.2, -0.15) is 5.26 Å². The number of fused-ring (bicyclic) bond motifs is 1. The highest BCUT2D eigenvalue weighted by atomic mass is 16.5. The van der Waals surface area contributed by atoms with E-state index in [9.17, 15) is 10.1 Å². The van der Waals surface area contributed by atoms with Crippen molar-refractivity contribution in [2.24, 2.45) is 13.0 Å². The van der Waals surface area contributed by atoms with Crippen molar-refractivity contribution in [1.29, 1.82) is 5.26 Å². The molecule has 1 fully saturated rings. The van der Waals surface area contributed by atoms with E-state index in [-0.39, 0.29) is 23.2 Å². The Kier molecular flexibility index (Phi) is 6.03. The number of hydrogen-bond donors (Lipinski definition) is 0. The molecule has 1 aliphatic rings. The molecule has 1 aromatic carbocycles. The first-order valence-electron chi connectivity index (χ1n) is 11.3. The minimum absolute atomic E-state index is 0.0658. The molecule has 33 heavy (non-hydrogen) atoms. The van der Waals surface area contributed by atoms with E-state index >= 15 is 0 Å². The van der Waals surface area contributed by atoms with Crippen molar-refractivity contribution in [2.45, 2.75) is 45.8 Å². The third kappa shape index (κ3) is 4.95. The number of pyridine rings is 2. The van der Waals surface area contributed by atoms with Gasteiger partial charge >= 0.3 is 0 Å². The summed E-state index contributed by atoms with van der Waals surface area (Å²) in [5, 5.41) is 9.29. The molecule has 0 radical (unpaired) electrons. The molecule has 3 heterocycles. The van der Waals surface area contributed by atoms with Crippen LogP contribution in [0.3, 0.4) is 0 Å². The summed E-state index contributed by atoms with van der Waals surface area (Å²) >= 11 is 0. The van der Waals surface area contributed by atoms with Gasteiger partial charge < -0.3 is 18.9 Å². The van der Waals surface area contributed by atoms with E-state index in [2.05, 4.69) is 22.9 Å². The lowest BCUT2D eigenvalue weighted by molar-refractivity contribution is 0.119. The molecular formula is C26H30N4O3. The molecule has 0 saturated carbocycles. The third-order valence-electron chi connectivity index (χ3n) is 5.89. The van der Waals surface area contributed by atoms with E-state index in [0.29, 0.717) is 11.2 Å². The van der Waals surface area contributed by atoms with E-state index in [1.807, 2.05) is 45.0 Å². The molecule has 172 valence electrons. The molecule has 2 atom stereocenters. The summed E-state index contributed by atoms with van der Waals surface area (Å²) in [5.41, 5.74) is 2.19. The molecular weight excluding hydrogens is 416 g/mol. The standard InChI is InChI=1S/C26H30N4O3/c1-17-16-30(22-14-24(31)29(5)21-11-6-18(15-27)28-25(21)22)13-12-23(17)32-19-7-9-20(10-8-19)33-26(2,3)4/h6-11,14,17,23H,12-13,16H2,1-5H3/t17?,23-/m0/s1. The van der Waals surface area contributed by atoms with Gasteiger partial charge in [-0.25, -0.2) is 4.98 Å². The molecule has 7 nitrogen and oxygen atoms in total. The van der Waals surface area contributed by atoms with Crippen molar-refractivity contribution in [3.63, 3.8) is 0 Å². The largest absolute Gasteiger partial charge is 0.490 e. The zero-order chi connectivity index (χ0) is 23.8. The Hall–Kier alpha value is -3.53. The molecule has 0 amide bonds. The van der Waals surface area contributed by atoms with Crippen molar-refractivity contribution < 1.29 is 9.47 Å². The first-order valence-corrected chi connectivity index (χ1v) is 11.3. The smallest absolute Gasteiger partial charge is 0.252 e. The van der Waals surface area contributed by atoms with Crippen LogP contribution in [0.5, 0.6) is 11.5 Å². The monoisotopic (exact) mass is 446 g/mol. The number of anilines is 1. The SMILES string of the molecule is CC1CN(c2cc(=O)n(C)c3ccc(C#N)nc23)CC[C@@H]1Oc1ccc(OC(C)(C)C)cc1. The molecule has 4 rings (SSSR count). The zero-order valence-electron chi connectivity index (χ0n) is 19.8. The van der Waals surface area contributed by atoms with E-state index in [4.69, 9.17) is 9.47 Å². The molecule has 1 saturated heterocycles. The van der Waals surface area contributed by atoms with Crippen LogP contribution in [0.15, 0.2) is 47.3 Å². The van der Waals surface area contributed by atoms with Crippen molar-refractivity contribution in [3.8, 4) is 17.6 Å². The van der Waals surface area contributed by atoms with Crippen LogP contribution in [0.25, 0.3) is 11.0 Å². The second-order valence-corrected chi connectivity index (χ2v) is 9.66. The second kappa shape index (κ2) is 8.78. The number of nitriles is 1. The summed E-state index contributed by atoms with van der Waals surface area (Å²) in [4.78, 5) is 19.3. The second-order valence-electron chi connectivity index (χ2n) is 9.66. The van der Waals surface area contributed by atoms with Gasteiger partial charge in [-0.1, -0.05) is 6.92 Å². The lowest BCUT2D eigenvalue weighted by Gasteiger charge is -2.38. The average Bonchev–Trinajstić information content (AvgIpc) is 2.77. The first-order chi connectivity index (χ1) is 15.6. The Morgan fingerprint density at radius 1 is 1.12 bits per heavy atom. The summed E-state index contributed by atoms with van der Waals surface area (Å²) in [7, 11) is 1.72. The Labute approximate surface area is 194 Å². The van der Waals surface area contributed by atoms with Gasteiger partial charge in [0.1, 0.15) is 40.5 Å². The lowest BCUT2D eigenvalue weighted by Crippen LogP contribution is -2.45. The number of piperidine rings is 1. The van der Waals surface area contributed by atoms with Gasteiger partial charge in [-0.05, 0) is 57.2 Å². The van der Waals surface area contributed by atoms with Crippen molar-refractivity contribution in [2.75, 3.05) is 18.0 Å². The molecule has 0 aliphatic carbocycles. The summed E-state index contributed by atoms with van der Waals surface area (Å²) in [6.07, 6.45) is 0.881. The number of ether oxygens (including phenoxy) is 2. The van der Waals surface area contributed by atoms with Crippen LogP contribution in [0.4, 0.5) is 5.69 Å². The molecule has 0 bridgehead atoms. The van der Waals surface area contributed by atoms with Gasteiger partial charge in [0.05, 0.1) is 11.2 Å². The van der Waals surface area contributed by atoms with E-state index in [1.165, 1.54) is 0 Å². The van der Waals surface area contributed by atoms with Crippen LogP contribution in [-0.2, 0) is 7.05 Å². The third-order valence-corrected chi connectivity index (χ3v) is 5.89. The van der Waals surface area contributed by atoms with Crippen LogP contribution in [-0.4, -0.2) is 34.3 Å². The first kappa shape index (κ1) is 22.7. The Bertz CT molecular complexity index is 1250. The Morgan fingerprint density at radius 2 is 1.82 bits per heavy atom. The predicted octanol–water partition coefficient (Wildman–Crippen LogP) is 4.28. The van der Waals surface area contributed by atoms with E-state index in [0.717, 1.165) is 42.2 Å². The van der Waals surface area contributed by atoms with Crippen LogP contribution in [0.2, 0.25) is 0 Å². The minimum atomic E-state index is -0.241. The fourth-order valence-electron chi connectivity index (χ4n) is 4.25. The van der Waals surface area contributed by atoms with E-state index in [1.54, 1.807) is 29.8 Å². The summed E-state index contributed by atoms with van der Waals surface area (Å²) in [5.74, 6) is 1.88. The van der Waals surface area contributed by atoms with Gasteiger partial charge in [-0.15, -0.1) is 0 Å². The van der Waals surface area contributed by atoms with Gasteiger partial charge in [0.2, 0.25) is 0 Å². The fraction of sp³-hybridized carbons (Fsp3) is 0.423. The fourth-order valence-corrected chi connectivity index (χ4v) is 4.25. The van der Waals surface area contributed by atoms with E-state index < -0.39 is 0 Å². The summed E-state index contributed by atoms with van der Waals surface area (Å²) in [6, 6.07) is 14.9. The molecule has 1 unspecified atom stereocenters. The average molecular weight is 447 g/mol. The highest BCUT2D eigenvalue weighted by Gasteiger charge is 2.29. The molecule has 0 N–H and O–H groups in total. The molecule has 1 aliphatic heterocycles. The predicted molar refractivity (Wildman–Crippen MR) is 129 cm³/mol. The van der Waals surface area contributed by atoms with Gasteiger partial charge in [0.15, 0.2) is 0 Å². The van der Waals surface area contributed by atoms with Crippen LogP contribution in [0.1, 0.15) is 39.8 Å². The number of aromatic nitrogens is 2. The Balaban J connectivity index is 1.51. The molecule has 3 aromatic rings. The van der Waals surface area contributed by atoms with Crippen LogP contribution in [0, 0.1) is 17.2 Å². The molecule has 0 spiro atoms. The summed E-state index contributed by atoms with van der Waals surface area (Å²) < 4.78 is 13.8. The van der Waals surface area contributed by atoms with Crippen molar-refractivity contribution in [1.82, 2.24) is 9.55 Å². The van der Waals surface area contributed by atoms with Crippen LogP contribution >= 0.6 is 0 Å². The number of nitrogens with zero attached hydrogens (tertiary/aromatic N) is 4. The Morgan fingerprint density at radius 3 is 2.45 bits per heavy atom. The number of hydrogen-bond acceptors (Lipinski definition) is 6. The van der Waals surface area contributed by atoms with Gasteiger partial charge in [-0.3, -0.25) is 4.79 Å². The van der Waals surface area contributed by atoms with Gasteiger partial charge in [0.25, 0.3) is 5.56 Å². The normalized spacial score (nSPS) is 18.7. The highest BCUT2D eigenvalue weighted by Crippen LogP contribution is 2.31. The number of benzene rings is 1. The maximum Gasteiger partial charge on any atom is 0.252 e. The minimum Gasteiger partial charge on any atom is -0.490 e. The summed E-state index contributed by atoms with van der Waals surface area (Å²) in [6.45, 7) is 9.70. The number of rotatable bonds is 4. The maximum absolute atomic E-state index is 12.6. The maximum atomic E-state index is 12.6. The van der Waals surface area contributed by atoms with Gasteiger partial charge in [0, 0.05) is 38.5 Å². The topological polar surface area (TPSA) is 80.4 Å². The molecule has 7 heteroatoms. The lowest BCUT2D eigenvalue weighted by atomic mass is 9.95. The quantitative estimate of drug-likeness (QED) is 0.595. The molecule has 2 aromatic heterocycles. The van der Waals surface area contributed by atoms with Crippen LogP contribution < -0.4 is 19.9 Å². The van der Waals surface area contributed by atoms with Crippen molar-refractivity contribution >= 4 is 16.7 Å². The highest BCUT2D eigenvalue weighted by molar-refractivity contribution is 5.88. The van der Waals surface area contributed by atoms with Crippen molar-refractivity contribution in [3.05, 3.63) is 58.5 Å². The number of aryl methyl sites for hydroxylation is 1.